The maximum absolute atomic E-state index is 9.96. The van der Waals surface area contributed by atoms with Gasteiger partial charge in [-0.3, -0.25) is 4.79 Å². The maximum Gasteiger partial charge on any atom is 0.142 e. The van der Waals surface area contributed by atoms with E-state index in [0.717, 1.165) is 19.1 Å². The Kier molecular flexibility index (Phi) is 12.4. The molecule has 0 aliphatic heterocycles. The lowest BCUT2D eigenvalue weighted by Gasteiger charge is -1.95. The molecule has 0 spiro atoms. The summed E-state index contributed by atoms with van der Waals surface area (Å²) in [5, 5.41) is 0. The molecule has 0 unspecified atom stereocenters. The molecule has 0 amide bonds. The summed E-state index contributed by atoms with van der Waals surface area (Å²) in [5.74, 6) is 0. The minimum absolute atomic E-state index is 0.831. The van der Waals surface area contributed by atoms with Crippen LogP contribution in [0.3, 0.4) is 0 Å². The normalized spacial score (nSPS) is 11.5. The molecule has 0 aromatic heterocycles. The number of aldehydes is 1. The van der Waals surface area contributed by atoms with Gasteiger partial charge in [0, 0.05) is 0 Å². The van der Waals surface area contributed by atoms with E-state index in [0.29, 0.717) is 0 Å². The zero-order valence-electron chi connectivity index (χ0n) is 9.95. The smallest absolute Gasteiger partial charge is 0.142 e. The molecule has 15 heavy (non-hydrogen) atoms. The number of hydrogen-bond acceptors (Lipinski definition) is 1. The van der Waals surface area contributed by atoms with Crippen molar-refractivity contribution in [1.82, 2.24) is 0 Å². The van der Waals surface area contributed by atoms with Crippen LogP contribution in [0.15, 0.2) is 24.3 Å². The van der Waals surface area contributed by atoms with E-state index >= 15 is 0 Å². The van der Waals surface area contributed by atoms with Gasteiger partial charge in [-0.25, -0.2) is 0 Å². The second-order valence-electron chi connectivity index (χ2n) is 3.82. The van der Waals surface area contributed by atoms with E-state index in [1.165, 1.54) is 38.5 Å². The molecule has 0 aliphatic carbocycles. The van der Waals surface area contributed by atoms with Gasteiger partial charge in [0.25, 0.3) is 0 Å². The summed E-state index contributed by atoms with van der Waals surface area (Å²) >= 11 is 0. The van der Waals surface area contributed by atoms with Crippen molar-refractivity contribution in [3.05, 3.63) is 24.3 Å². The van der Waals surface area contributed by atoms with Gasteiger partial charge < -0.3 is 0 Å². The fraction of sp³-hybridized carbons (Fsp3) is 0.643. The van der Waals surface area contributed by atoms with Gasteiger partial charge in [-0.05, 0) is 31.8 Å². The first kappa shape index (κ1) is 14.2. The van der Waals surface area contributed by atoms with Crippen LogP contribution in [0.4, 0.5) is 0 Å². The Morgan fingerprint density at radius 1 is 0.800 bits per heavy atom. The molecule has 1 heteroatoms. The van der Waals surface area contributed by atoms with Crippen molar-refractivity contribution in [2.75, 3.05) is 0 Å². The molecule has 0 bridgehead atoms. The van der Waals surface area contributed by atoms with E-state index < -0.39 is 0 Å². The number of hydrogen-bond donors (Lipinski definition) is 0. The quantitative estimate of drug-likeness (QED) is 0.224. The maximum atomic E-state index is 9.96. The van der Waals surface area contributed by atoms with E-state index in [2.05, 4.69) is 19.1 Å². The summed E-state index contributed by atoms with van der Waals surface area (Å²) in [7, 11) is 0. The van der Waals surface area contributed by atoms with Crippen LogP contribution in [0.25, 0.3) is 0 Å². The van der Waals surface area contributed by atoms with Crippen LogP contribution in [0.2, 0.25) is 0 Å². The highest BCUT2D eigenvalue weighted by Gasteiger charge is 1.86. The van der Waals surface area contributed by atoms with E-state index in [4.69, 9.17) is 0 Å². The molecule has 0 aromatic carbocycles. The van der Waals surface area contributed by atoms with Crippen LogP contribution in [0.5, 0.6) is 0 Å². The molecular formula is C14H24O. The predicted octanol–water partition coefficient (Wildman–Crippen LogP) is 4.44. The van der Waals surface area contributed by atoms with Crippen molar-refractivity contribution in [3.63, 3.8) is 0 Å². The monoisotopic (exact) mass is 208 g/mol. The Morgan fingerprint density at radius 2 is 1.47 bits per heavy atom. The zero-order valence-corrected chi connectivity index (χ0v) is 9.95. The van der Waals surface area contributed by atoms with Gasteiger partial charge in [0.1, 0.15) is 6.29 Å². The third-order valence-electron chi connectivity index (χ3n) is 2.36. The molecule has 0 atom stereocenters. The first-order chi connectivity index (χ1) is 7.41. The van der Waals surface area contributed by atoms with Crippen LogP contribution in [-0.2, 0) is 4.79 Å². The Bertz CT molecular complexity index is 180. The number of carbonyl (C=O) groups is 1. The Labute approximate surface area is 94.3 Å². The fourth-order valence-corrected chi connectivity index (χ4v) is 1.45. The highest BCUT2D eigenvalue weighted by Crippen LogP contribution is 2.05. The zero-order chi connectivity index (χ0) is 11.2. The summed E-state index contributed by atoms with van der Waals surface area (Å²) in [4.78, 5) is 9.96. The van der Waals surface area contributed by atoms with E-state index in [-0.39, 0.29) is 0 Å². The van der Waals surface area contributed by atoms with E-state index in [9.17, 15) is 4.79 Å². The lowest BCUT2D eigenvalue weighted by Crippen LogP contribution is -1.76. The molecule has 1 nitrogen and oxygen atoms in total. The Morgan fingerprint density at radius 3 is 2.20 bits per heavy atom. The molecule has 0 N–H and O–H groups in total. The third kappa shape index (κ3) is 13.2. The summed E-state index contributed by atoms with van der Waals surface area (Å²) in [6, 6.07) is 0. The first-order valence-electron chi connectivity index (χ1n) is 6.17. The molecule has 0 radical (unpaired) electrons. The number of carbonyl (C=O) groups excluding carboxylic acids is 1. The number of rotatable bonds is 10. The average Bonchev–Trinajstić information content (AvgIpc) is 2.26. The largest absolute Gasteiger partial charge is 0.299 e. The van der Waals surface area contributed by atoms with Gasteiger partial charge in [-0.2, -0.15) is 0 Å². The van der Waals surface area contributed by atoms with E-state index in [1.54, 1.807) is 6.08 Å². The molecular weight excluding hydrogens is 184 g/mol. The highest BCUT2D eigenvalue weighted by atomic mass is 16.1. The average molecular weight is 208 g/mol. The SMILES string of the molecule is CCCCCCC/C=C/CC/C=C/C=O. The van der Waals surface area contributed by atoms with Crippen molar-refractivity contribution in [2.45, 2.75) is 58.3 Å². The minimum Gasteiger partial charge on any atom is -0.299 e. The third-order valence-corrected chi connectivity index (χ3v) is 2.36. The molecule has 0 fully saturated rings. The number of allylic oxidation sites excluding steroid dienone is 4. The first-order valence-corrected chi connectivity index (χ1v) is 6.17. The molecule has 0 saturated heterocycles. The van der Waals surface area contributed by atoms with Gasteiger partial charge >= 0.3 is 0 Å². The van der Waals surface area contributed by atoms with Crippen molar-refractivity contribution >= 4 is 6.29 Å². The lowest BCUT2D eigenvalue weighted by atomic mass is 10.1. The predicted molar refractivity (Wildman–Crippen MR) is 67.0 cm³/mol. The molecule has 86 valence electrons. The van der Waals surface area contributed by atoms with Crippen molar-refractivity contribution in [1.29, 1.82) is 0 Å². The van der Waals surface area contributed by atoms with Gasteiger partial charge in [-0.1, -0.05) is 50.8 Å². The summed E-state index contributed by atoms with van der Waals surface area (Å²) in [6.45, 7) is 2.24. The Balaban J connectivity index is 3.10. The Hall–Kier alpha value is -0.850. The molecule has 0 heterocycles. The van der Waals surface area contributed by atoms with Gasteiger partial charge in [-0.15, -0.1) is 0 Å². The lowest BCUT2D eigenvalue weighted by molar-refractivity contribution is -0.104. The molecule has 0 saturated carbocycles. The fourth-order valence-electron chi connectivity index (χ4n) is 1.45. The van der Waals surface area contributed by atoms with Crippen LogP contribution in [-0.4, -0.2) is 6.29 Å². The summed E-state index contributed by atoms with van der Waals surface area (Å²) in [5.41, 5.74) is 0. The van der Waals surface area contributed by atoms with E-state index in [1.807, 2.05) is 6.08 Å². The van der Waals surface area contributed by atoms with Crippen LogP contribution in [0, 0.1) is 0 Å². The standard InChI is InChI=1S/C14H24O/c1-2-3-4-5-6-7-8-9-10-11-12-13-14-15/h8-9,12-14H,2-7,10-11H2,1H3/b9-8+,13-12+. The van der Waals surface area contributed by atoms with Crippen LogP contribution >= 0.6 is 0 Å². The van der Waals surface area contributed by atoms with Crippen LogP contribution in [0.1, 0.15) is 58.3 Å². The van der Waals surface area contributed by atoms with Gasteiger partial charge in [0.15, 0.2) is 0 Å². The van der Waals surface area contributed by atoms with Crippen molar-refractivity contribution in [2.24, 2.45) is 0 Å². The van der Waals surface area contributed by atoms with Crippen molar-refractivity contribution in [3.8, 4) is 0 Å². The summed E-state index contributed by atoms with van der Waals surface area (Å²) in [6.07, 6.45) is 18.8. The second kappa shape index (κ2) is 13.2. The highest BCUT2D eigenvalue weighted by molar-refractivity contribution is 5.64. The summed E-state index contributed by atoms with van der Waals surface area (Å²) < 4.78 is 0. The van der Waals surface area contributed by atoms with Gasteiger partial charge in [0.05, 0.1) is 0 Å². The molecule has 0 aliphatic rings. The number of unbranched alkanes of at least 4 members (excludes halogenated alkanes) is 6. The van der Waals surface area contributed by atoms with Crippen molar-refractivity contribution < 1.29 is 4.79 Å². The van der Waals surface area contributed by atoms with Crippen LogP contribution < -0.4 is 0 Å². The molecule has 0 rings (SSSR count). The molecule has 0 aromatic rings. The van der Waals surface area contributed by atoms with Gasteiger partial charge in [0.2, 0.25) is 0 Å². The topological polar surface area (TPSA) is 17.1 Å². The minimum atomic E-state index is 0.831. The second-order valence-corrected chi connectivity index (χ2v) is 3.82.